The van der Waals surface area contributed by atoms with Crippen LogP contribution in [0.4, 0.5) is 5.69 Å². The van der Waals surface area contributed by atoms with E-state index < -0.39 is 0 Å². The first-order chi connectivity index (χ1) is 7.18. The second-order valence-corrected chi connectivity index (χ2v) is 4.49. The molecule has 1 aliphatic rings. The molecule has 82 valence electrons. The lowest BCUT2D eigenvalue weighted by Crippen LogP contribution is -2.49. The molecular weight excluding hydrogens is 186 g/mol. The van der Waals surface area contributed by atoms with Gasteiger partial charge in [-0.15, -0.1) is 0 Å². The molecule has 3 heteroatoms. The van der Waals surface area contributed by atoms with Gasteiger partial charge < -0.3 is 9.91 Å². The van der Waals surface area contributed by atoms with Gasteiger partial charge in [0.05, 0.1) is 11.7 Å². The lowest BCUT2D eigenvalue weighted by molar-refractivity contribution is 0.346. The highest BCUT2D eigenvalue weighted by Gasteiger charge is 2.23. The Morgan fingerprint density at radius 3 is 2.87 bits per heavy atom. The Hall–Kier alpha value is -1.06. The molecule has 2 rings (SSSR count). The molecule has 0 bridgehead atoms. The molecule has 0 radical (unpaired) electrons. The second kappa shape index (κ2) is 4.21. The molecule has 0 amide bonds. The molecule has 1 atom stereocenters. The highest BCUT2D eigenvalue weighted by Crippen LogP contribution is 2.27. The van der Waals surface area contributed by atoms with Gasteiger partial charge in [0.1, 0.15) is 0 Å². The van der Waals surface area contributed by atoms with Crippen LogP contribution in [-0.4, -0.2) is 31.6 Å². The first kappa shape index (κ1) is 10.5. The number of aryl methyl sites for hydroxylation is 1. The van der Waals surface area contributed by atoms with Gasteiger partial charge in [0.15, 0.2) is 0 Å². The zero-order valence-electron chi connectivity index (χ0n) is 9.48. The lowest BCUT2D eigenvalue weighted by atomic mass is 9.97. The predicted octanol–water partition coefficient (Wildman–Crippen LogP) is 1.24. The van der Waals surface area contributed by atoms with Crippen molar-refractivity contribution >= 4 is 5.69 Å². The monoisotopic (exact) mass is 205 g/mol. The van der Waals surface area contributed by atoms with E-state index in [1.54, 1.807) is 0 Å². The Bertz CT molecular complexity index is 335. The molecule has 3 nitrogen and oxygen atoms in total. The minimum absolute atomic E-state index is 0.440. The van der Waals surface area contributed by atoms with Gasteiger partial charge in [-0.3, -0.25) is 0 Å². The van der Waals surface area contributed by atoms with E-state index in [0.29, 0.717) is 6.04 Å². The number of fused-ring (bicyclic) bond motifs is 1. The number of para-hydroxylation sites is 1. The second-order valence-electron chi connectivity index (χ2n) is 4.49. The van der Waals surface area contributed by atoms with Gasteiger partial charge in [-0.05, 0) is 38.6 Å². The van der Waals surface area contributed by atoms with Crippen LogP contribution in [0.5, 0.6) is 0 Å². The molecule has 15 heavy (non-hydrogen) atoms. The standard InChI is InChI=1S/C12H19N3/c1-14(2)9-11-8-7-10-5-3-4-6-12(10)15(11)13/h3-6,11H,7-9,13H2,1-2H3. The summed E-state index contributed by atoms with van der Waals surface area (Å²) in [6, 6.07) is 8.85. The first-order valence-electron chi connectivity index (χ1n) is 5.45. The summed E-state index contributed by atoms with van der Waals surface area (Å²) in [5.41, 5.74) is 2.56. The maximum Gasteiger partial charge on any atom is 0.0582 e. The number of hydrazine groups is 1. The molecule has 0 fully saturated rings. The largest absolute Gasteiger partial charge is 0.307 e. The van der Waals surface area contributed by atoms with Crippen molar-refractivity contribution in [3.63, 3.8) is 0 Å². The van der Waals surface area contributed by atoms with E-state index in [9.17, 15) is 0 Å². The number of hydrogen-bond acceptors (Lipinski definition) is 3. The molecule has 0 aliphatic carbocycles. The first-order valence-corrected chi connectivity index (χ1v) is 5.45. The molecule has 1 aromatic carbocycles. The van der Waals surface area contributed by atoms with Crippen molar-refractivity contribution in [1.29, 1.82) is 0 Å². The number of hydrogen-bond donors (Lipinski definition) is 1. The highest BCUT2D eigenvalue weighted by atomic mass is 15.4. The van der Waals surface area contributed by atoms with Crippen molar-refractivity contribution in [2.24, 2.45) is 5.84 Å². The van der Waals surface area contributed by atoms with Crippen molar-refractivity contribution < 1.29 is 0 Å². The number of nitrogens with zero attached hydrogens (tertiary/aromatic N) is 2. The summed E-state index contributed by atoms with van der Waals surface area (Å²) >= 11 is 0. The third-order valence-electron chi connectivity index (χ3n) is 2.99. The molecule has 1 aliphatic heterocycles. The summed E-state index contributed by atoms with van der Waals surface area (Å²) in [5, 5.41) is 1.93. The maximum absolute atomic E-state index is 6.15. The average molecular weight is 205 g/mol. The molecule has 0 saturated heterocycles. The topological polar surface area (TPSA) is 32.5 Å². The fourth-order valence-electron chi connectivity index (χ4n) is 2.23. The number of nitrogens with two attached hydrogens (primary N) is 1. The van der Waals surface area contributed by atoms with Crippen LogP contribution in [0.1, 0.15) is 12.0 Å². The summed E-state index contributed by atoms with van der Waals surface area (Å²) in [6.45, 7) is 1.02. The van der Waals surface area contributed by atoms with Gasteiger partial charge in [-0.25, -0.2) is 5.84 Å². The van der Waals surface area contributed by atoms with Gasteiger partial charge in [0.2, 0.25) is 0 Å². The molecule has 1 unspecified atom stereocenters. The van der Waals surface area contributed by atoms with Gasteiger partial charge in [-0.1, -0.05) is 18.2 Å². The Kier molecular flexibility index (Phi) is 2.93. The number of likely N-dealkylation sites (N-methyl/N-ethyl adjacent to an activating group) is 1. The zero-order valence-corrected chi connectivity index (χ0v) is 9.48. The quantitative estimate of drug-likeness (QED) is 0.737. The fraction of sp³-hybridized carbons (Fsp3) is 0.500. The maximum atomic E-state index is 6.15. The van der Waals surface area contributed by atoms with E-state index >= 15 is 0 Å². The van der Waals surface area contributed by atoms with Crippen molar-refractivity contribution in [3.8, 4) is 0 Å². The van der Waals surface area contributed by atoms with Crippen LogP contribution in [0.3, 0.4) is 0 Å². The zero-order chi connectivity index (χ0) is 10.8. The van der Waals surface area contributed by atoms with Crippen molar-refractivity contribution in [3.05, 3.63) is 29.8 Å². The van der Waals surface area contributed by atoms with E-state index in [1.165, 1.54) is 11.3 Å². The molecule has 0 spiro atoms. The Morgan fingerprint density at radius 1 is 1.40 bits per heavy atom. The SMILES string of the molecule is CN(C)CC1CCc2ccccc2N1N. The third-order valence-corrected chi connectivity index (χ3v) is 2.99. The van der Waals surface area contributed by atoms with E-state index in [-0.39, 0.29) is 0 Å². The third kappa shape index (κ3) is 2.13. The number of benzene rings is 1. The van der Waals surface area contributed by atoms with Crippen LogP contribution in [0.25, 0.3) is 0 Å². The van der Waals surface area contributed by atoms with Crippen LogP contribution in [0.15, 0.2) is 24.3 Å². The molecule has 0 aromatic heterocycles. The Balaban J connectivity index is 2.18. The van der Waals surface area contributed by atoms with E-state index in [1.807, 2.05) is 5.01 Å². The van der Waals surface area contributed by atoms with E-state index in [0.717, 1.165) is 19.4 Å². The molecule has 1 heterocycles. The number of rotatable bonds is 2. The van der Waals surface area contributed by atoms with Crippen molar-refractivity contribution in [2.75, 3.05) is 25.6 Å². The van der Waals surface area contributed by atoms with Crippen LogP contribution in [-0.2, 0) is 6.42 Å². The fourth-order valence-corrected chi connectivity index (χ4v) is 2.23. The van der Waals surface area contributed by atoms with Crippen LogP contribution in [0.2, 0.25) is 0 Å². The average Bonchev–Trinajstić information content (AvgIpc) is 2.22. The van der Waals surface area contributed by atoms with E-state index in [4.69, 9.17) is 5.84 Å². The predicted molar refractivity (Wildman–Crippen MR) is 63.8 cm³/mol. The number of anilines is 1. The van der Waals surface area contributed by atoms with Gasteiger partial charge in [0.25, 0.3) is 0 Å². The van der Waals surface area contributed by atoms with Gasteiger partial charge >= 0.3 is 0 Å². The van der Waals surface area contributed by atoms with Crippen LogP contribution >= 0.6 is 0 Å². The smallest absolute Gasteiger partial charge is 0.0582 e. The summed E-state index contributed by atoms with van der Waals surface area (Å²) in [6.07, 6.45) is 2.29. The minimum Gasteiger partial charge on any atom is -0.307 e. The van der Waals surface area contributed by atoms with E-state index in [2.05, 4.69) is 43.3 Å². The Labute approximate surface area is 91.4 Å². The van der Waals surface area contributed by atoms with Crippen molar-refractivity contribution in [1.82, 2.24) is 4.90 Å². The molecular formula is C12H19N3. The highest BCUT2D eigenvalue weighted by molar-refractivity contribution is 5.55. The molecule has 2 N–H and O–H groups in total. The summed E-state index contributed by atoms with van der Waals surface area (Å²) < 4.78 is 0. The normalized spacial score (nSPS) is 20.5. The molecule has 0 saturated carbocycles. The summed E-state index contributed by atoms with van der Waals surface area (Å²) in [4.78, 5) is 2.19. The molecule has 1 aromatic rings. The Morgan fingerprint density at radius 2 is 2.13 bits per heavy atom. The van der Waals surface area contributed by atoms with Gasteiger partial charge in [0, 0.05) is 6.54 Å². The van der Waals surface area contributed by atoms with Crippen molar-refractivity contribution in [2.45, 2.75) is 18.9 Å². The van der Waals surface area contributed by atoms with Crippen LogP contribution < -0.4 is 10.9 Å². The summed E-state index contributed by atoms with van der Waals surface area (Å²) in [5.74, 6) is 6.15. The van der Waals surface area contributed by atoms with Gasteiger partial charge in [-0.2, -0.15) is 0 Å². The minimum atomic E-state index is 0.440. The lowest BCUT2D eigenvalue weighted by Gasteiger charge is -2.36. The summed E-state index contributed by atoms with van der Waals surface area (Å²) in [7, 11) is 4.18. The van der Waals surface area contributed by atoms with Crippen LogP contribution in [0, 0.1) is 0 Å².